The van der Waals surface area contributed by atoms with Crippen LogP contribution < -0.4 is 10.5 Å². The maximum atomic E-state index is 6.48. The SMILES string of the molecule is Nc1nc(Cl)cc(OC[C@H]2O[C@H](COCc3ccccc3)[C@@H](OCc3ccccc3)[C@H]2OCc2ccccc2)n1. The number of hydrogen-bond donors (Lipinski definition) is 1. The van der Waals surface area contributed by atoms with Gasteiger partial charge in [-0.3, -0.25) is 0 Å². The number of anilines is 1. The van der Waals surface area contributed by atoms with Gasteiger partial charge in [-0.2, -0.15) is 4.98 Å². The third-order valence-electron chi connectivity index (χ3n) is 6.45. The highest BCUT2D eigenvalue weighted by molar-refractivity contribution is 6.29. The molecule has 1 aromatic heterocycles. The van der Waals surface area contributed by atoms with Crippen LogP contribution in [0.1, 0.15) is 16.7 Å². The van der Waals surface area contributed by atoms with E-state index in [1.807, 2.05) is 91.0 Å². The van der Waals surface area contributed by atoms with Crippen molar-refractivity contribution in [3.63, 3.8) is 0 Å². The van der Waals surface area contributed by atoms with Gasteiger partial charge >= 0.3 is 0 Å². The zero-order valence-electron chi connectivity index (χ0n) is 22.0. The molecule has 0 aliphatic carbocycles. The first-order chi connectivity index (χ1) is 19.6. The standard InChI is InChI=1S/C31H32ClN3O5/c32-27-16-28(35-31(33)34-27)37-21-26-30(39-19-24-14-8-3-9-15-24)29(38-18-23-12-6-2-7-13-23)25(40-26)20-36-17-22-10-4-1-5-11-22/h1-16,25-26,29-30H,17-21H2,(H2,33,34,35)/t25-,26-,29-,30+/m1/s1. The third-order valence-corrected chi connectivity index (χ3v) is 6.65. The predicted molar refractivity (Wildman–Crippen MR) is 152 cm³/mol. The topological polar surface area (TPSA) is 98.0 Å². The van der Waals surface area contributed by atoms with Crippen molar-refractivity contribution < 1.29 is 23.7 Å². The molecule has 1 fully saturated rings. The molecule has 1 aliphatic heterocycles. The summed E-state index contributed by atoms with van der Waals surface area (Å²) in [5.41, 5.74) is 8.93. The van der Waals surface area contributed by atoms with Gasteiger partial charge in [0.2, 0.25) is 11.8 Å². The number of benzene rings is 3. The van der Waals surface area contributed by atoms with Gasteiger partial charge in [-0.25, -0.2) is 4.98 Å². The first-order valence-corrected chi connectivity index (χ1v) is 13.5. The van der Waals surface area contributed by atoms with Crippen LogP contribution in [0.4, 0.5) is 5.95 Å². The number of aromatic nitrogens is 2. The van der Waals surface area contributed by atoms with E-state index in [0.29, 0.717) is 26.4 Å². The molecule has 3 aromatic carbocycles. The molecule has 1 aliphatic rings. The smallest absolute Gasteiger partial charge is 0.224 e. The molecule has 0 bridgehead atoms. The van der Waals surface area contributed by atoms with E-state index in [0.717, 1.165) is 16.7 Å². The van der Waals surface area contributed by atoms with Crippen molar-refractivity contribution in [2.24, 2.45) is 0 Å². The van der Waals surface area contributed by atoms with Crippen molar-refractivity contribution in [3.05, 3.63) is 119 Å². The zero-order chi connectivity index (χ0) is 27.6. The van der Waals surface area contributed by atoms with Gasteiger partial charge in [-0.1, -0.05) is 103 Å². The molecule has 1 saturated heterocycles. The van der Waals surface area contributed by atoms with E-state index in [1.54, 1.807) is 0 Å². The fourth-order valence-electron chi connectivity index (χ4n) is 4.53. The van der Waals surface area contributed by atoms with Gasteiger partial charge in [0.25, 0.3) is 0 Å². The quantitative estimate of drug-likeness (QED) is 0.221. The Morgan fingerprint density at radius 2 is 1.18 bits per heavy atom. The predicted octanol–water partition coefficient (Wildman–Crippen LogP) is 5.25. The number of ether oxygens (including phenoxy) is 5. The van der Waals surface area contributed by atoms with Gasteiger partial charge in [0, 0.05) is 6.07 Å². The van der Waals surface area contributed by atoms with Crippen LogP contribution in [0, 0.1) is 0 Å². The first kappa shape index (κ1) is 28.0. The van der Waals surface area contributed by atoms with E-state index in [-0.39, 0.29) is 29.7 Å². The van der Waals surface area contributed by atoms with Gasteiger partial charge in [-0.05, 0) is 16.7 Å². The summed E-state index contributed by atoms with van der Waals surface area (Å²) < 4.78 is 31.4. The lowest BCUT2D eigenvalue weighted by atomic mass is 10.1. The van der Waals surface area contributed by atoms with Crippen LogP contribution in [-0.4, -0.2) is 47.6 Å². The molecule has 0 spiro atoms. The van der Waals surface area contributed by atoms with Crippen LogP contribution >= 0.6 is 11.6 Å². The molecular weight excluding hydrogens is 530 g/mol. The Kier molecular flexibility index (Phi) is 9.95. The summed E-state index contributed by atoms with van der Waals surface area (Å²) in [4.78, 5) is 8.01. The summed E-state index contributed by atoms with van der Waals surface area (Å²) in [7, 11) is 0. The van der Waals surface area contributed by atoms with Crippen molar-refractivity contribution in [1.82, 2.24) is 9.97 Å². The molecule has 8 nitrogen and oxygen atoms in total. The largest absolute Gasteiger partial charge is 0.475 e. The van der Waals surface area contributed by atoms with Crippen LogP contribution in [0.5, 0.6) is 5.88 Å². The zero-order valence-corrected chi connectivity index (χ0v) is 22.7. The highest BCUT2D eigenvalue weighted by Crippen LogP contribution is 2.30. The van der Waals surface area contributed by atoms with E-state index >= 15 is 0 Å². The summed E-state index contributed by atoms with van der Waals surface area (Å²) >= 11 is 6.04. The summed E-state index contributed by atoms with van der Waals surface area (Å²) in [5, 5.41) is 0.197. The molecule has 40 heavy (non-hydrogen) atoms. The minimum absolute atomic E-state index is 0.0305. The molecular formula is C31H32ClN3O5. The lowest BCUT2D eigenvalue weighted by Gasteiger charge is -2.25. The molecule has 5 rings (SSSR count). The molecule has 2 N–H and O–H groups in total. The van der Waals surface area contributed by atoms with Gasteiger partial charge in [-0.15, -0.1) is 0 Å². The summed E-state index contributed by atoms with van der Waals surface area (Å²) in [6.07, 6.45) is -1.71. The Hall–Kier alpha value is -3.53. The molecule has 9 heteroatoms. The second-order valence-electron chi connectivity index (χ2n) is 9.43. The minimum atomic E-state index is -0.468. The maximum absolute atomic E-state index is 6.48. The summed E-state index contributed by atoms with van der Waals surface area (Å²) in [6.45, 7) is 1.72. The average molecular weight is 562 g/mol. The van der Waals surface area contributed by atoms with Crippen molar-refractivity contribution in [1.29, 1.82) is 0 Å². The maximum Gasteiger partial charge on any atom is 0.224 e. The van der Waals surface area contributed by atoms with E-state index in [2.05, 4.69) is 9.97 Å². The Morgan fingerprint density at radius 3 is 1.70 bits per heavy atom. The number of hydrogen-bond acceptors (Lipinski definition) is 8. The van der Waals surface area contributed by atoms with Crippen LogP contribution in [0.15, 0.2) is 97.1 Å². The summed E-state index contributed by atoms with van der Waals surface area (Å²) in [6, 6.07) is 31.5. The second kappa shape index (κ2) is 14.2. The fraction of sp³-hybridized carbons (Fsp3) is 0.290. The average Bonchev–Trinajstić information content (AvgIpc) is 3.31. The van der Waals surface area contributed by atoms with Crippen molar-refractivity contribution >= 4 is 17.5 Å². The second-order valence-corrected chi connectivity index (χ2v) is 9.82. The van der Waals surface area contributed by atoms with Gasteiger partial charge in [0.05, 0.1) is 26.4 Å². The molecule has 4 atom stereocenters. The van der Waals surface area contributed by atoms with Crippen LogP contribution in [-0.2, 0) is 38.8 Å². The van der Waals surface area contributed by atoms with Crippen LogP contribution in [0.3, 0.4) is 0 Å². The fourth-order valence-corrected chi connectivity index (χ4v) is 4.71. The monoisotopic (exact) mass is 561 g/mol. The van der Waals surface area contributed by atoms with E-state index in [1.165, 1.54) is 6.07 Å². The molecule has 0 amide bonds. The highest BCUT2D eigenvalue weighted by atomic mass is 35.5. The van der Waals surface area contributed by atoms with Crippen molar-refractivity contribution in [2.75, 3.05) is 18.9 Å². The molecule has 0 radical (unpaired) electrons. The number of nitrogens with zero attached hydrogens (tertiary/aromatic N) is 2. The van der Waals surface area contributed by atoms with Crippen LogP contribution in [0.25, 0.3) is 0 Å². The van der Waals surface area contributed by atoms with Crippen LogP contribution in [0.2, 0.25) is 5.15 Å². The highest BCUT2D eigenvalue weighted by Gasteiger charge is 2.47. The van der Waals surface area contributed by atoms with Gasteiger partial charge < -0.3 is 29.4 Å². The normalized spacial score (nSPS) is 20.4. The molecule has 208 valence electrons. The van der Waals surface area contributed by atoms with E-state index in [4.69, 9.17) is 41.0 Å². The lowest BCUT2D eigenvalue weighted by Crippen LogP contribution is -2.40. The molecule has 4 aromatic rings. The molecule has 0 saturated carbocycles. The van der Waals surface area contributed by atoms with Crippen molar-refractivity contribution in [2.45, 2.75) is 44.2 Å². The molecule has 2 heterocycles. The Labute approximate surface area is 239 Å². The van der Waals surface area contributed by atoms with Gasteiger partial charge in [0.15, 0.2) is 0 Å². The number of nitrogen functional groups attached to an aromatic ring is 1. The minimum Gasteiger partial charge on any atom is -0.475 e. The Morgan fingerprint density at radius 1 is 0.675 bits per heavy atom. The Bertz CT molecular complexity index is 1300. The van der Waals surface area contributed by atoms with E-state index < -0.39 is 18.3 Å². The summed E-state index contributed by atoms with van der Waals surface area (Å²) in [5.74, 6) is 0.288. The lowest BCUT2D eigenvalue weighted by molar-refractivity contribution is -0.0900. The first-order valence-electron chi connectivity index (χ1n) is 13.1. The van der Waals surface area contributed by atoms with E-state index in [9.17, 15) is 0 Å². The number of halogens is 1. The number of rotatable bonds is 13. The molecule has 0 unspecified atom stereocenters. The van der Waals surface area contributed by atoms with Gasteiger partial charge in [0.1, 0.15) is 36.2 Å². The third kappa shape index (κ3) is 8.00. The number of nitrogens with two attached hydrogens (primary N) is 1. The Balaban J connectivity index is 1.33. The van der Waals surface area contributed by atoms with Crippen molar-refractivity contribution in [3.8, 4) is 5.88 Å².